The fraction of sp³-hybridized carbons (Fsp3) is 0.357. The molecule has 0 radical (unpaired) electrons. The number of hydrogen-bond acceptors (Lipinski definition) is 2. The van der Waals surface area contributed by atoms with Crippen LogP contribution in [0.4, 0.5) is 5.69 Å². The third-order valence-corrected chi connectivity index (χ3v) is 3.32. The number of aromatic nitrogens is 1. The number of nitrogens with one attached hydrogen (secondary N) is 2. The van der Waals surface area contributed by atoms with Crippen LogP contribution < -0.4 is 10.1 Å². The summed E-state index contributed by atoms with van der Waals surface area (Å²) in [6.45, 7) is 1.51. The van der Waals surface area contributed by atoms with E-state index in [1.807, 2.05) is 18.2 Å². The molecule has 0 spiro atoms. The second-order valence-corrected chi connectivity index (χ2v) is 4.76. The summed E-state index contributed by atoms with van der Waals surface area (Å²) in [6, 6.07) is 5.93. The van der Waals surface area contributed by atoms with Crippen LogP contribution in [0.15, 0.2) is 24.4 Å². The smallest absolute Gasteiger partial charge is 0.221 e. The van der Waals surface area contributed by atoms with Crippen molar-refractivity contribution in [3.8, 4) is 5.75 Å². The zero-order valence-electron chi connectivity index (χ0n) is 10.3. The molecule has 0 saturated heterocycles. The van der Waals surface area contributed by atoms with Crippen molar-refractivity contribution >= 4 is 22.5 Å². The van der Waals surface area contributed by atoms with Crippen molar-refractivity contribution in [2.45, 2.75) is 32.3 Å². The molecular weight excluding hydrogens is 228 g/mol. The standard InChI is InChI=1S/C14H16N2O2/c1-9(17)16-14-8-15-13-6-5-11(7-12(13)14)18-10-3-2-4-10/h5-8,10,15H,2-4H2,1H3,(H,16,17). The van der Waals surface area contributed by atoms with Gasteiger partial charge in [0.2, 0.25) is 5.91 Å². The van der Waals surface area contributed by atoms with Crippen LogP contribution in [-0.4, -0.2) is 17.0 Å². The lowest BCUT2D eigenvalue weighted by Crippen LogP contribution is -2.24. The Morgan fingerprint density at radius 3 is 2.94 bits per heavy atom. The van der Waals surface area contributed by atoms with E-state index in [1.165, 1.54) is 13.3 Å². The zero-order chi connectivity index (χ0) is 12.5. The summed E-state index contributed by atoms with van der Waals surface area (Å²) in [5.74, 6) is 0.805. The average molecular weight is 244 g/mol. The van der Waals surface area contributed by atoms with Gasteiger partial charge in [-0.15, -0.1) is 0 Å². The van der Waals surface area contributed by atoms with Gasteiger partial charge in [0.05, 0.1) is 11.8 Å². The Morgan fingerprint density at radius 1 is 1.44 bits per heavy atom. The van der Waals surface area contributed by atoms with Crippen LogP contribution in [0, 0.1) is 0 Å². The highest BCUT2D eigenvalue weighted by Gasteiger charge is 2.19. The second kappa shape index (κ2) is 4.37. The van der Waals surface area contributed by atoms with Gasteiger partial charge >= 0.3 is 0 Å². The number of ether oxygens (including phenoxy) is 1. The Morgan fingerprint density at radius 2 is 2.28 bits per heavy atom. The first kappa shape index (κ1) is 11.1. The number of anilines is 1. The van der Waals surface area contributed by atoms with Gasteiger partial charge in [0.25, 0.3) is 0 Å². The van der Waals surface area contributed by atoms with Crippen LogP contribution in [0.25, 0.3) is 10.9 Å². The summed E-state index contributed by atoms with van der Waals surface area (Å²) in [5.41, 5.74) is 1.80. The van der Waals surface area contributed by atoms with E-state index in [9.17, 15) is 4.79 Å². The number of amides is 1. The molecular formula is C14H16N2O2. The minimum absolute atomic E-state index is 0.0683. The quantitative estimate of drug-likeness (QED) is 0.871. The Kier molecular flexibility index (Phi) is 2.70. The van der Waals surface area contributed by atoms with Gasteiger partial charge in [0.1, 0.15) is 5.75 Å². The van der Waals surface area contributed by atoms with Crippen LogP contribution in [0.1, 0.15) is 26.2 Å². The Labute approximate surface area is 105 Å². The van der Waals surface area contributed by atoms with Crippen LogP contribution >= 0.6 is 0 Å². The number of carbonyl (C=O) groups excluding carboxylic acids is 1. The third kappa shape index (κ3) is 2.06. The van der Waals surface area contributed by atoms with E-state index in [0.717, 1.165) is 35.2 Å². The molecule has 4 nitrogen and oxygen atoms in total. The second-order valence-electron chi connectivity index (χ2n) is 4.76. The molecule has 18 heavy (non-hydrogen) atoms. The fourth-order valence-corrected chi connectivity index (χ4v) is 2.15. The van der Waals surface area contributed by atoms with Gasteiger partial charge in [-0.25, -0.2) is 0 Å². The first-order chi connectivity index (χ1) is 8.72. The minimum atomic E-state index is -0.0683. The lowest BCUT2D eigenvalue weighted by molar-refractivity contribution is -0.114. The summed E-state index contributed by atoms with van der Waals surface area (Å²) in [5, 5.41) is 3.80. The molecule has 1 amide bonds. The summed E-state index contributed by atoms with van der Waals surface area (Å²) in [4.78, 5) is 14.2. The largest absolute Gasteiger partial charge is 0.490 e. The van der Waals surface area contributed by atoms with Gasteiger partial charge in [0, 0.05) is 24.0 Å². The van der Waals surface area contributed by atoms with Crippen LogP contribution in [0.5, 0.6) is 5.75 Å². The predicted octanol–water partition coefficient (Wildman–Crippen LogP) is 3.06. The molecule has 3 rings (SSSR count). The van der Waals surface area contributed by atoms with E-state index in [0.29, 0.717) is 6.10 Å². The number of benzene rings is 1. The van der Waals surface area contributed by atoms with Gasteiger partial charge in [-0.3, -0.25) is 4.79 Å². The zero-order valence-corrected chi connectivity index (χ0v) is 10.3. The molecule has 2 N–H and O–H groups in total. The molecule has 94 valence electrons. The molecule has 1 aromatic carbocycles. The molecule has 0 atom stereocenters. The predicted molar refractivity (Wildman–Crippen MR) is 70.9 cm³/mol. The van der Waals surface area contributed by atoms with Crippen molar-refractivity contribution in [1.29, 1.82) is 0 Å². The van der Waals surface area contributed by atoms with E-state index >= 15 is 0 Å². The lowest BCUT2D eigenvalue weighted by atomic mass is 9.96. The van der Waals surface area contributed by atoms with Crippen molar-refractivity contribution in [2.24, 2.45) is 0 Å². The Bertz CT molecular complexity index is 584. The number of H-pyrrole nitrogens is 1. The molecule has 1 heterocycles. The molecule has 1 fully saturated rings. The van der Waals surface area contributed by atoms with Crippen molar-refractivity contribution in [2.75, 3.05) is 5.32 Å². The van der Waals surface area contributed by atoms with Crippen LogP contribution in [0.2, 0.25) is 0 Å². The maximum absolute atomic E-state index is 11.1. The van der Waals surface area contributed by atoms with E-state index in [4.69, 9.17) is 4.74 Å². The first-order valence-electron chi connectivity index (χ1n) is 6.28. The van der Waals surface area contributed by atoms with E-state index in [1.54, 1.807) is 6.20 Å². The summed E-state index contributed by atoms with van der Waals surface area (Å²) in [6.07, 6.45) is 5.71. The van der Waals surface area contributed by atoms with E-state index in [-0.39, 0.29) is 5.91 Å². The number of fused-ring (bicyclic) bond motifs is 1. The van der Waals surface area contributed by atoms with Crippen molar-refractivity contribution in [3.05, 3.63) is 24.4 Å². The van der Waals surface area contributed by atoms with Crippen molar-refractivity contribution in [1.82, 2.24) is 4.98 Å². The molecule has 1 aliphatic carbocycles. The monoisotopic (exact) mass is 244 g/mol. The lowest BCUT2D eigenvalue weighted by Gasteiger charge is -2.26. The minimum Gasteiger partial charge on any atom is -0.490 e. The topological polar surface area (TPSA) is 54.1 Å². The number of hydrogen-bond donors (Lipinski definition) is 2. The molecule has 1 saturated carbocycles. The number of carbonyl (C=O) groups is 1. The summed E-state index contributed by atoms with van der Waals surface area (Å²) >= 11 is 0. The third-order valence-electron chi connectivity index (χ3n) is 3.32. The maximum Gasteiger partial charge on any atom is 0.221 e. The summed E-state index contributed by atoms with van der Waals surface area (Å²) < 4.78 is 5.86. The number of aromatic amines is 1. The molecule has 1 aromatic heterocycles. The van der Waals surface area contributed by atoms with Gasteiger partial charge < -0.3 is 15.0 Å². The van der Waals surface area contributed by atoms with E-state index < -0.39 is 0 Å². The SMILES string of the molecule is CC(=O)Nc1c[nH]c2ccc(OC3CCC3)cc12. The Balaban J connectivity index is 1.90. The fourth-order valence-electron chi connectivity index (χ4n) is 2.15. The highest BCUT2D eigenvalue weighted by Crippen LogP contribution is 2.30. The average Bonchev–Trinajstić information content (AvgIpc) is 2.66. The molecule has 1 aliphatic rings. The van der Waals surface area contributed by atoms with Crippen molar-refractivity contribution < 1.29 is 9.53 Å². The van der Waals surface area contributed by atoms with Gasteiger partial charge in [-0.05, 0) is 37.5 Å². The van der Waals surface area contributed by atoms with Crippen molar-refractivity contribution in [3.63, 3.8) is 0 Å². The van der Waals surface area contributed by atoms with Gasteiger partial charge in [-0.1, -0.05) is 0 Å². The highest BCUT2D eigenvalue weighted by atomic mass is 16.5. The first-order valence-corrected chi connectivity index (χ1v) is 6.28. The van der Waals surface area contributed by atoms with Gasteiger partial charge in [0.15, 0.2) is 0 Å². The molecule has 4 heteroatoms. The van der Waals surface area contributed by atoms with Gasteiger partial charge in [-0.2, -0.15) is 0 Å². The van der Waals surface area contributed by atoms with Crippen LogP contribution in [-0.2, 0) is 4.79 Å². The van der Waals surface area contributed by atoms with E-state index in [2.05, 4.69) is 10.3 Å². The maximum atomic E-state index is 11.1. The molecule has 2 aromatic rings. The highest BCUT2D eigenvalue weighted by molar-refractivity contribution is 6.01. The summed E-state index contributed by atoms with van der Waals surface area (Å²) in [7, 11) is 0. The molecule has 0 bridgehead atoms. The normalized spacial score (nSPS) is 15.4. The Hall–Kier alpha value is -1.97. The van der Waals surface area contributed by atoms with Crippen LogP contribution in [0.3, 0.4) is 0 Å². The molecule has 0 aliphatic heterocycles. The number of rotatable bonds is 3. The molecule has 0 unspecified atom stereocenters.